The van der Waals surface area contributed by atoms with Crippen molar-refractivity contribution < 1.29 is 0 Å². The van der Waals surface area contributed by atoms with E-state index in [4.69, 9.17) is 0 Å². The number of hydrogen-bond donors (Lipinski definition) is 0. The van der Waals surface area contributed by atoms with Crippen LogP contribution < -0.4 is 4.90 Å². The Morgan fingerprint density at radius 3 is 1.53 bits per heavy atom. The van der Waals surface area contributed by atoms with Crippen molar-refractivity contribution in [2.45, 2.75) is 9.79 Å². The number of nitrogens with zero attached hydrogens (tertiary/aromatic N) is 1. The summed E-state index contributed by atoms with van der Waals surface area (Å²) in [6.07, 6.45) is 4.93. The van der Waals surface area contributed by atoms with Gasteiger partial charge in [-0.2, -0.15) is 10.0 Å². The second kappa shape index (κ2) is 12.5. The molecule has 1 aliphatic rings. The van der Waals surface area contributed by atoms with Crippen LogP contribution in [0.15, 0.2) is 198 Å². The largest absolute Gasteiger partial charge is 0.310 e. The Labute approximate surface area is 327 Å². The van der Waals surface area contributed by atoms with Crippen molar-refractivity contribution in [1.29, 1.82) is 0 Å². The second-order valence-electron chi connectivity index (χ2n) is 15.0. The minimum atomic E-state index is -1.18. The van der Waals surface area contributed by atoms with E-state index in [9.17, 15) is 0 Å². The molecule has 0 radical (unpaired) electrons. The number of rotatable bonds is 5. The fourth-order valence-corrected chi connectivity index (χ4v) is 12.5. The molecule has 0 bridgehead atoms. The molecule has 2 heterocycles. The van der Waals surface area contributed by atoms with E-state index in [1.165, 1.54) is 84.9 Å². The van der Waals surface area contributed by atoms with Crippen LogP contribution in [-0.4, -0.2) is 12.5 Å². The van der Waals surface area contributed by atoms with Crippen molar-refractivity contribution in [2.75, 3.05) is 17.4 Å². The molecule has 0 atom stereocenters. The van der Waals surface area contributed by atoms with Crippen molar-refractivity contribution in [3.8, 4) is 33.4 Å². The average molecular weight is 740 g/mol. The van der Waals surface area contributed by atoms with Gasteiger partial charge in [-0.3, -0.25) is 0 Å². The van der Waals surface area contributed by atoms with Crippen LogP contribution in [0.1, 0.15) is 0 Å². The Balaban J connectivity index is 1.06. The van der Waals surface area contributed by atoms with Gasteiger partial charge in [0.1, 0.15) is 0 Å². The summed E-state index contributed by atoms with van der Waals surface area (Å²) in [4.78, 5) is 5.39. The summed E-state index contributed by atoms with van der Waals surface area (Å²) in [7, 11) is -1.18. The summed E-state index contributed by atoms with van der Waals surface area (Å²) < 4.78 is 2.75. The van der Waals surface area contributed by atoms with Crippen LogP contribution in [0.25, 0.3) is 75.1 Å². The molecule has 1 aliphatic heterocycles. The first-order chi connectivity index (χ1) is 27.0. The summed E-state index contributed by atoms with van der Waals surface area (Å²) in [5.41, 5.74) is 11.1. The van der Waals surface area contributed by atoms with Gasteiger partial charge in [0.2, 0.25) is 0 Å². The fourth-order valence-electron chi connectivity index (χ4n) is 8.66. The molecule has 0 aliphatic carbocycles. The first kappa shape index (κ1) is 32.3. The maximum Gasteiger partial charge on any atom is 0.0468 e. The lowest BCUT2D eigenvalue weighted by molar-refractivity contribution is 1.27. The first-order valence-electron chi connectivity index (χ1n) is 18.8. The highest BCUT2D eigenvalue weighted by atomic mass is 32.3. The highest BCUT2D eigenvalue weighted by Gasteiger charge is 2.34. The molecular formula is C52H37NS2. The molecular weight excluding hydrogens is 703 g/mol. The topological polar surface area (TPSA) is 3.24 Å². The van der Waals surface area contributed by atoms with Crippen LogP contribution in [0.3, 0.4) is 0 Å². The van der Waals surface area contributed by atoms with E-state index >= 15 is 0 Å². The van der Waals surface area contributed by atoms with Crippen LogP contribution in [0.5, 0.6) is 0 Å². The molecule has 0 spiro atoms. The zero-order chi connectivity index (χ0) is 36.7. The van der Waals surface area contributed by atoms with Gasteiger partial charge in [-0.1, -0.05) is 121 Å². The lowest BCUT2D eigenvalue weighted by atomic mass is 9.99. The number of hydrogen-bond acceptors (Lipinski definition) is 2. The molecule has 10 aromatic rings. The van der Waals surface area contributed by atoms with Crippen molar-refractivity contribution in [3.05, 3.63) is 188 Å². The molecule has 262 valence electrons. The average Bonchev–Trinajstić information content (AvgIpc) is 3.73. The third kappa shape index (κ3) is 5.22. The number of thiophene rings is 1. The van der Waals surface area contributed by atoms with Crippen molar-refractivity contribution >= 4 is 80.1 Å². The van der Waals surface area contributed by atoms with Crippen LogP contribution in [0.4, 0.5) is 17.1 Å². The van der Waals surface area contributed by atoms with Gasteiger partial charge in [0.05, 0.1) is 0 Å². The maximum absolute atomic E-state index is 2.47. The van der Waals surface area contributed by atoms with Gasteiger partial charge in [-0.15, -0.1) is 11.3 Å². The van der Waals surface area contributed by atoms with Gasteiger partial charge >= 0.3 is 0 Å². The zero-order valence-electron chi connectivity index (χ0n) is 30.7. The lowest BCUT2D eigenvalue weighted by Crippen LogP contribution is -2.10. The quantitative estimate of drug-likeness (QED) is 0.170. The van der Waals surface area contributed by atoms with Gasteiger partial charge in [-0.05, 0) is 129 Å². The van der Waals surface area contributed by atoms with Gasteiger partial charge in [0.25, 0.3) is 0 Å². The van der Waals surface area contributed by atoms with Crippen LogP contribution in [-0.2, 0) is 0 Å². The maximum atomic E-state index is 2.47. The Hall–Kier alpha value is -6.13. The monoisotopic (exact) mass is 739 g/mol. The van der Waals surface area contributed by atoms with E-state index in [-0.39, 0.29) is 0 Å². The second-order valence-corrected chi connectivity index (χ2v) is 19.6. The molecule has 0 saturated carbocycles. The van der Waals surface area contributed by atoms with Crippen molar-refractivity contribution in [2.24, 2.45) is 0 Å². The Kier molecular flexibility index (Phi) is 7.32. The summed E-state index contributed by atoms with van der Waals surface area (Å²) in [6.45, 7) is 0. The van der Waals surface area contributed by atoms with Crippen LogP contribution in [0, 0.1) is 0 Å². The Morgan fingerprint density at radius 2 is 0.909 bits per heavy atom. The van der Waals surface area contributed by atoms with Gasteiger partial charge in [0.15, 0.2) is 0 Å². The molecule has 0 fully saturated rings. The molecule has 1 nitrogen and oxygen atoms in total. The molecule has 0 amide bonds. The molecule has 9 aromatic carbocycles. The van der Waals surface area contributed by atoms with E-state index in [1.54, 1.807) is 0 Å². The van der Waals surface area contributed by atoms with Gasteiger partial charge in [-0.25, -0.2) is 0 Å². The van der Waals surface area contributed by atoms with E-state index in [2.05, 4.69) is 205 Å². The predicted molar refractivity (Wildman–Crippen MR) is 241 cm³/mol. The van der Waals surface area contributed by atoms with Gasteiger partial charge in [0, 0.05) is 52.6 Å². The zero-order valence-corrected chi connectivity index (χ0v) is 32.3. The van der Waals surface area contributed by atoms with Crippen molar-refractivity contribution in [1.82, 2.24) is 0 Å². The van der Waals surface area contributed by atoms with Crippen molar-refractivity contribution in [3.63, 3.8) is 0 Å². The molecule has 11 rings (SSSR count). The van der Waals surface area contributed by atoms with E-state index < -0.39 is 10.0 Å². The SMILES string of the molecule is CS1(C)c2ccc(N(c3ccc(-c4ccc5ccccc5c4)cc3)c3ccc(-c4ccc5ccccc5c4)cc3)cc2-c2c1ccc1c2sc2ccccc21. The summed E-state index contributed by atoms with van der Waals surface area (Å²) in [6, 6.07) is 69.7. The number of benzene rings is 9. The molecule has 0 saturated heterocycles. The predicted octanol–water partition coefficient (Wildman–Crippen LogP) is 15.6. The fraction of sp³-hybridized carbons (Fsp3) is 0.0385. The van der Waals surface area contributed by atoms with Gasteiger partial charge < -0.3 is 4.90 Å². The minimum absolute atomic E-state index is 1.13. The summed E-state index contributed by atoms with van der Waals surface area (Å²) in [5.74, 6) is 0. The standard InChI is InChI=1S/C52H37NS2/c1-55(2)49-29-27-44(33-47(49)51-50(55)30-28-46-45-13-7-8-14-48(45)54-52(46)51)53(42-23-19-36(20-24-42)40-17-15-34-9-3-5-11-38(34)31-40)43-25-21-37(22-26-43)41-18-16-35-10-4-6-12-39(35)32-41/h3-33H,1-2H3. The highest BCUT2D eigenvalue weighted by molar-refractivity contribution is 8.33. The molecule has 0 N–H and O–H groups in total. The summed E-state index contributed by atoms with van der Waals surface area (Å²) >= 11 is 1.94. The smallest absolute Gasteiger partial charge is 0.0468 e. The molecule has 3 heteroatoms. The Morgan fingerprint density at radius 1 is 0.400 bits per heavy atom. The third-order valence-corrected chi connectivity index (χ3v) is 15.6. The number of anilines is 3. The molecule has 0 unspecified atom stereocenters. The van der Waals surface area contributed by atoms with Crippen LogP contribution >= 0.6 is 21.4 Å². The van der Waals surface area contributed by atoms with E-state index in [1.807, 2.05) is 11.3 Å². The van der Waals surface area contributed by atoms with E-state index in [0.29, 0.717) is 0 Å². The van der Waals surface area contributed by atoms with E-state index in [0.717, 1.165) is 17.1 Å². The van der Waals surface area contributed by atoms with Crippen LogP contribution in [0.2, 0.25) is 0 Å². The summed E-state index contributed by atoms with van der Waals surface area (Å²) in [5, 5.41) is 7.75. The highest BCUT2D eigenvalue weighted by Crippen LogP contribution is 2.69. The Bertz CT molecular complexity index is 2990. The first-order valence-corrected chi connectivity index (χ1v) is 22.1. The minimum Gasteiger partial charge on any atom is -0.310 e. The lowest BCUT2D eigenvalue weighted by Gasteiger charge is -2.29. The normalized spacial score (nSPS) is 13.6. The molecule has 1 aromatic heterocycles. The number of fused-ring (bicyclic) bond motifs is 9. The molecule has 55 heavy (non-hydrogen) atoms. The third-order valence-electron chi connectivity index (χ3n) is 11.5.